The number of nitrogens with zero attached hydrogens (tertiary/aromatic N) is 1. The molecule has 1 aliphatic carbocycles. The molecule has 33 heavy (non-hydrogen) atoms. The van der Waals surface area contributed by atoms with Gasteiger partial charge in [-0.1, -0.05) is 86.0 Å². The fraction of sp³-hybridized carbons (Fsp3) is 0.250. The number of benzene rings is 3. The van der Waals surface area contributed by atoms with Crippen LogP contribution in [0, 0.1) is 6.92 Å². The predicted molar refractivity (Wildman–Crippen MR) is 143 cm³/mol. The number of fused-ring (bicyclic) bond motifs is 1. The molecule has 0 amide bonds. The molecule has 3 aromatic rings. The third-order valence-corrected chi connectivity index (χ3v) is 6.21. The van der Waals surface area contributed by atoms with E-state index in [1.165, 1.54) is 33.5 Å². The molecule has 0 saturated carbocycles. The Labute approximate surface area is 216 Å². The molecule has 0 fully saturated rings. The third kappa shape index (κ3) is 6.47. The fourth-order valence-corrected chi connectivity index (χ4v) is 4.67. The first-order chi connectivity index (χ1) is 15.3. The van der Waals surface area contributed by atoms with Crippen molar-refractivity contribution in [2.75, 3.05) is 19.0 Å². The first-order valence-electron chi connectivity index (χ1n) is 10.7. The molecule has 3 aromatic carbocycles. The number of halogens is 2. The standard InChI is InChI=1S/C28H30N.2ClH.H2N.Ti/c1-20-17-23(29(4)5)15-16-27(20)28(2,3)19-26-24-14-10-9-13-22(24)18-25(26)21-11-7-6-8-12-21;;;;/h6-18,26H,1,19H2,2-5H3;2*1H;1H2;/q-1;;;-1;+2/p-2. The summed E-state index contributed by atoms with van der Waals surface area (Å²) >= 11 is -0.556. The minimum Gasteiger partial charge on any atom is -0.693 e. The van der Waals surface area contributed by atoms with E-state index in [2.05, 4.69) is 119 Å². The van der Waals surface area contributed by atoms with Crippen molar-refractivity contribution in [2.45, 2.75) is 31.6 Å². The van der Waals surface area contributed by atoms with Gasteiger partial charge in [0.15, 0.2) is 0 Å². The topological polar surface area (TPSA) is 36.7 Å². The SMILES string of the molecule is [CH2-]c1cc(N(C)C)ccc1C(C)(C)CC1C(c2ccccc2)=Cc2ccccc21.[Cl][Ti][Cl].[NH2-]. The molecule has 1 atom stereocenters. The zero-order valence-electron chi connectivity index (χ0n) is 19.8. The first-order valence-corrected chi connectivity index (χ1v) is 15.0. The van der Waals surface area contributed by atoms with Crippen LogP contribution in [-0.2, 0) is 22.4 Å². The van der Waals surface area contributed by atoms with E-state index in [4.69, 9.17) is 18.6 Å². The maximum absolute atomic E-state index is 4.89. The summed E-state index contributed by atoms with van der Waals surface area (Å²) in [6.07, 6.45) is 3.43. The molecule has 0 bridgehead atoms. The summed E-state index contributed by atoms with van der Waals surface area (Å²) in [5.41, 5.74) is 9.21. The van der Waals surface area contributed by atoms with Gasteiger partial charge in [0.05, 0.1) is 0 Å². The molecule has 4 rings (SSSR count). The summed E-state index contributed by atoms with van der Waals surface area (Å²) in [6, 6.07) is 26.3. The number of hydrogen-bond acceptors (Lipinski definition) is 1. The van der Waals surface area contributed by atoms with E-state index in [0.717, 1.165) is 12.0 Å². The quantitative estimate of drug-likeness (QED) is 0.247. The minimum atomic E-state index is -0.556. The summed E-state index contributed by atoms with van der Waals surface area (Å²) in [7, 11) is 13.9. The van der Waals surface area contributed by atoms with E-state index >= 15 is 0 Å². The number of hydrogen-bond donors (Lipinski definition) is 0. The maximum atomic E-state index is 4.89. The van der Waals surface area contributed by atoms with Gasteiger partial charge in [0, 0.05) is 20.0 Å². The predicted octanol–water partition coefficient (Wildman–Crippen LogP) is 9.03. The molecule has 5 heteroatoms. The molecule has 0 radical (unpaired) electrons. The van der Waals surface area contributed by atoms with Crippen LogP contribution in [-0.4, -0.2) is 14.1 Å². The maximum Gasteiger partial charge on any atom is -0.693 e. The zero-order valence-corrected chi connectivity index (χ0v) is 22.9. The molecule has 0 heterocycles. The van der Waals surface area contributed by atoms with Crippen LogP contribution in [0.15, 0.2) is 72.8 Å². The van der Waals surface area contributed by atoms with Crippen molar-refractivity contribution >= 4 is 35.9 Å². The smallest absolute Gasteiger partial charge is 0.693 e. The summed E-state index contributed by atoms with van der Waals surface area (Å²) in [5, 5.41) is 0. The molecule has 0 spiro atoms. The van der Waals surface area contributed by atoms with Crippen LogP contribution in [0.3, 0.4) is 0 Å². The molecule has 0 saturated heterocycles. The molecule has 0 aromatic heterocycles. The molecule has 174 valence electrons. The van der Waals surface area contributed by atoms with Crippen molar-refractivity contribution in [3.05, 3.63) is 114 Å². The van der Waals surface area contributed by atoms with Crippen LogP contribution >= 0.6 is 18.6 Å². The Kier molecular flexibility index (Phi) is 10.2. The second kappa shape index (κ2) is 12.2. The zero-order chi connectivity index (χ0) is 23.3. The van der Waals surface area contributed by atoms with E-state index in [9.17, 15) is 0 Å². The molecular formula is C28H32Cl2N2Ti-2. The van der Waals surface area contributed by atoms with Gasteiger partial charge in [-0.25, -0.2) is 0 Å². The van der Waals surface area contributed by atoms with Gasteiger partial charge in [-0.15, -0.1) is 17.7 Å². The van der Waals surface area contributed by atoms with Crippen molar-refractivity contribution in [1.82, 2.24) is 0 Å². The summed E-state index contributed by atoms with van der Waals surface area (Å²) in [5.74, 6) is 0.386. The Balaban J connectivity index is 0.000000914. The normalized spacial score (nSPS) is 14.2. The Morgan fingerprint density at radius 2 is 1.55 bits per heavy atom. The van der Waals surface area contributed by atoms with Crippen LogP contribution in [0.5, 0.6) is 0 Å². The number of anilines is 1. The second-order valence-electron chi connectivity index (χ2n) is 9.04. The summed E-state index contributed by atoms with van der Waals surface area (Å²) in [6.45, 7) is 9.10. The van der Waals surface area contributed by atoms with Crippen molar-refractivity contribution in [3.8, 4) is 0 Å². The van der Waals surface area contributed by atoms with E-state index in [-0.39, 0.29) is 11.6 Å². The Morgan fingerprint density at radius 3 is 2.15 bits per heavy atom. The number of rotatable bonds is 5. The van der Waals surface area contributed by atoms with E-state index < -0.39 is 17.0 Å². The summed E-state index contributed by atoms with van der Waals surface area (Å²) < 4.78 is 0. The molecule has 2 nitrogen and oxygen atoms in total. The molecule has 1 aliphatic rings. The largest absolute Gasteiger partial charge is 0.693 e. The fourth-order valence-electron chi connectivity index (χ4n) is 4.67. The minimum absolute atomic E-state index is 0. The molecule has 1 unspecified atom stereocenters. The van der Waals surface area contributed by atoms with Crippen LogP contribution < -0.4 is 4.90 Å². The number of nitrogens with two attached hydrogens (primary N) is 1. The average molecular weight is 515 g/mol. The van der Waals surface area contributed by atoms with Crippen LogP contribution in [0.1, 0.15) is 54.0 Å². The Morgan fingerprint density at radius 1 is 0.939 bits per heavy atom. The van der Waals surface area contributed by atoms with Crippen LogP contribution in [0.25, 0.3) is 17.8 Å². The van der Waals surface area contributed by atoms with Gasteiger partial charge in [-0.3, -0.25) is 0 Å². The van der Waals surface area contributed by atoms with Gasteiger partial charge in [0.25, 0.3) is 0 Å². The van der Waals surface area contributed by atoms with Crippen LogP contribution in [0.2, 0.25) is 0 Å². The Hall–Kier alpha value is -1.68. The van der Waals surface area contributed by atoms with Crippen molar-refractivity contribution in [2.24, 2.45) is 0 Å². The molecular weight excluding hydrogens is 483 g/mol. The van der Waals surface area contributed by atoms with Gasteiger partial charge in [-0.05, 0) is 34.4 Å². The second-order valence-corrected chi connectivity index (χ2v) is 11.6. The summed E-state index contributed by atoms with van der Waals surface area (Å²) in [4.78, 5) is 2.13. The van der Waals surface area contributed by atoms with E-state index in [0.29, 0.717) is 5.92 Å². The number of allylic oxidation sites excluding steroid dienone is 1. The van der Waals surface area contributed by atoms with Gasteiger partial charge < -0.3 is 11.1 Å². The average Bonchev–Trinajstić information content (AvgIpc) is 3.12. The van der Waals surface area contributed by atoms with Gasteiger partial charge in [-0.2, -0.15) is 12.5 Å². The van der Waals surface area contributed by atoms with E-state index in [1.54, 1.807) is 0 Å². The van der Waals surface area contributed by atoms with Gasteiger partial charge in [0.2, 0.25) is 0 Å². The van der Waals surface area contributed by atoms with Gasteiger partial charge in [0.1, 0.15) is 0 Å². The van der Waals surface area contributed by atoms with E-state index in [1.807, 2.05) is 0 Å². The molecule has 0 aliphatic heterocycles. The third-order valence-electron chi connectivity index (χ3n) is 6.21. The van der Waals surface area contributed by atoms with Crippen molar-refractivity contribution < 1.29 is 17.0 Å². The van der Waals surface area contributed by atoms with Crippen molar-refractivity contribution in [3.63, 3.8) is 0 Å². The first kappa shape index (κ1) is 27.6. The van der Waals surface area contributed by atoms with Crippen LogP contribution in [0.4, 0.5) is 5.69 Å². The Bertz CT molecular complexity index is 1080. The molecule has 2 N–H and O–H groups in total. The van der Waals surface area contributed by atoms with Gasteiger partial charge >= 0.3 is 35.6 Å². The van der Waals surface area contributed by atoms with Crippen molar-refractivity contribution in [1.29, 1.82) is 0 Å². The monoisotopic (exact) mass is 514 g/mol.